The second-order valence-corrected chi connectivity index (χ2v) is 4.28. The molecule has 1 amide bonds. The Labute approximate surface area is 124 Å². The topological polar surface area (TPSA) is 134 Å². The van der Waals surface area contributed by atoms with Gasteiger partial charge in [0.2, 0.25) is 5.69 Å². The Kier molecular flexibility index (Phi) is 4.04. The second-order valence-electron chi connectivity index (χ2n) is 4.28. The molecule has 1 aromatic carbocycles. The summed E-state index contributed by atoms with van der Waals surface area (Å²) >= 11 is 0. The van der Waals surface area contributed by atoms with E-state index in [9.17, 15) is 14.9 Å². The van der Waals surface area contributed by atoms with E-state index in [1.807, 2.05) is 6.07 Å². The summed E-state index contributed by atoms with van der Waals surface area (Å²) < 4.78 is 5.08. The van der Waals surface area contributed by atoms with Crippen molar-refractivity contribution in [3.63, 3.8) is 0 Å². The molecular formula is C13H11N5O4. The number of aromatic nitrogens is 2. The summed E-state index contributed by atoms with van der Waals surface area (Å²) in [4.78, 5) is 22.5. The Morgan fingerprint density at radius 3 is 2.86 bits per heavy atom. The zero-order valence-corrected chi connectivity index (χ0v) is 11.7. The minimum atomic E-state index is -0.774. The number of hydrogen-bond acceptors (Lipinski definition) is 6. The zero-order valence-electron chi connectivity index (χ0n) is 11.7. The van der Waals surface area contributed by atoms with Crippen molar-refractivity contribution in [2.45, 2.75) is 6.92 Å². The van der Waals surface area contributed by atoms with Crippen LogP contribution in [0.3, 0.4) is 0 Å². The molecule has 0 radical (unpaired) electrons. The first-order valence-electron chi connectivity index (χ1n) is 6.06. The average molecular weight is 301 g/mol. The van der Waals surface area contributed by atoms with Gasteiger partial charge in [-0.05, 0) is 25.1 Å². The van der Waals surface area contributed by atoms with Gasteiger partial charge in [0, 0.05) is 0 Å². The van der Waals surface area contributed by atoms with E-state index < -0.39 is 16.5 Å². The molecule has 9 nitrogen and oxygen atoms in total. The Morgan fingerprint density at radius 2 is 2.27 bits per heavy atom. The molecule has 22 heavy (non-hydrogen) atoms. The van der Waals surface area contributed by atoms with Crippen molar-refractivity contribution in [3.8, 4) is 11.8 Å². The van der Waals surface area contributed by atoms with Gasteiger partial charge in [0.15, 0.2) is 0 Å². The lowest BCUT2D eigenvalue weighted by molar-refractivity contribution is -0.385. The molecule has 1 heterocycles. The van der Waals surface area contributed by atoms with Gasteiger partial charge >= 0.3 is 5.69 Å². The Bertz CT molecular complexity index is 790. The van der Waals surface area contributed by atoms with Gasteiger partial charge in [-0.15, -0.1) is 0 Å². The van der Waals surface area contributed by atoms with Crippen LogP contribution in [0.25, 0.3) is 0 Å². The maximum atomic E-state index is 12.2. The van der Waals surface area contributed by atoms with Gasteiger partial charge in [0.05, 0.1) is 29.4 Å². The maximum absolute atomic E-state index is 12.2. The molecule has 0 aliphatic heterocycles. The summed E-state index contributed by atoms with van der Waals surface area (Å²) in [5.74, 6) is -0.452. The summed E-state index contributed by atoms with van der Waals surface area (Å²) in [6.07, 6.45) is 0. The summed E-state index contributed by atoms with van der Waals surface area (Å²) in [7, 11) is 1.40. The Balaban J connectivity index is 2.38. The lowest BCUT2D eigenvalue weighted by Gasteiger charge is -2.09. The van der Waals surface area contributed by atoms with Crippen molar-refractivity contribution in [3.05, 3.63) is 45.3 Å². The Hall–Kier alpha value is -3.41. The van der Waals surface area contributed by atoms with Crippen molar-refractivity contribution in [1.82, 2.24) is 10.2 Å². The van der Waals surface area contributed by atoms with Crippen LogP contribution < -0.4 is 10.1 Å². The van der Waals surface area contributed by atoms with Gasteiger partial charge in [0.25, 0.3) is 5.91 Å². The number of methoxy groups -OCH3 is 1. The number of benzene rings is 1. The molecule has 1 aromatic heterocycles. The fourth-order valence-corrected chi connectivity index (χ4v) is 1.86. The molecule has 0 aliphatic carbocycles. The van der Waals surface area contributed by atoms with Crippen LogP contribution in [0.15, 0.2) is 18.2 Å². The van der Waals surface area contributed by atoms with E-state index in [1.54, 1.807) is 0 Å². The third-order valence-electron chi connectivity index (χ3n) is 2.89. The Morgan fingerprint density at radius 1 is 1.55 bits per heavy atom. The highest BCUT2D eigenvalue weighted by Crippen LogP contribution is 2.27. The number of rotatable bonds is 4. The summed E-state index contributed by atoms with van der Waals surface area (Å²) in [5.41, 5.74) is -0.0296. The van der Waals surface area contributed by atoms with Crippen molar-refractivity contribution >= 4 is 17.3 Å². The number of nitrogens with zero attached hydrogens (tertiary/aromatic N) is 3. The van der Waals surface area contributed by atoms with Crippen LogP contribution in [0.1, 0.15) is 21.7 Å². The molecule has 0 atom stereocenters. The number of hydrogen-bond donors (Lipinski definition) is 2. The normalized spacial score (nSPS) is 9.86. The highest BCUT2D eigenvalue weighted by atomic mass is 16.6. The van der Waals surface area contributed by atoms with E-state index in [-0.39, 0.29) is 17.1 Å². The van der Waals surface area contributed by atoms with Gasteiger partial charge in [-0.3, -0.25) is 20.0 Å². The molecule has 112 valence electrons. The van der Waals surface area contributed by atoms with Crippen LogP contribution in [0.2, 0.25) is 0 Å². The molecular weight excluding hydrogens is 290 g/mol. The SMILES string of the molecule is COc1ccc(C#N)cc1NC(=O)c1n[nH]c(C)c1[N+](=O)[O-]. The average Bonchev–Trinajstić information content (AvgIpc) is 2.89. The van der Waals surface area contributed by atoms with E-state index in [4.69, 9.17) is 10.00 Å². The number of H-pyrrole nitrogens is 1. The number of anilines is 1. The lowest BCUT2D eigenvalue weighted by atomic mass is 10.2. The molecule has 0 spiro atoms. The number of aryl methyl sites for hydroxylation is 1. The summed E-state index contributed by atoms with van der Waals surface area (Å²) in [5, 5.41) is 28.4. The first-order valence-corrected chi connectivity index (χ1v) is 6.06. The maximum Gasteiger partial charge on any atom is 0.322 e. The minimum Gasteiger partial charge on any atom is -0.495 e. The van der Waals surface area contributed by atoms with Crippen LogP contribution in [0.5, 0.6) is 5.75 Å². The quantitative estimate of drug-likeness (QED) is 0.652. The number of amides is 1. The number of nitrogens with one attached hydrogen (secondary N) is 2. The standard InChI is InChI=1S/C13H11N5O4/c1-7-12(18(20)21)11(17-16-7)13(19)15-9-5-8(6-14)3-4-10(9)22-2/h3-5H,1-2H3,(H,15,19)(H,16,17). The van der Waals surface area contributed by atoms with Crippen LogP contribution in [-0.2, 0) is 0 Å². The van der Waals surface area contributed by atoms with Gasteiger partial charge in [-0.1, -0.05) is 0 Å². The van der Waals surface area contributed by atoms with E-state index >= 15 is 0 Å². The molecule has 0 bridgehead atoms. The predicted molar refractivity (Wildman–Crippen MR) is 75.6 cm³/mol. The number of nitriles is 1. The molecule has 0 aliphatic rings. The number of nitro groups is 1. The molecule has 2 aromatic rings. The number of aromatic amines is 1. The van der Waals surface area contributed by atoms with Gasteiger partial charge in [-0.2, -0.15) is 10.4 Å². The van der Waals surface area contributed by atoms with Crippen LogP contribution in [0, 0.1) is 28.4 Å². The van der Waals surface area contributed by atoms with Gasteiger partial charge < -0.3 is 10.1 Å². The fourth-order valence-electron chi connectivity index (χ4n) is 1.86. The zero-order chi connectivity index (χ0) is 16.3. The molecule has 0 saturated heterocycles. The summed E-state index contributed by atoms with van der Waals surface area (Å²) in [6.45, 7) is 1.44. The number of ether oxygens (including phenoxy) is 1. The molecule has 2 N–H and O–H groups in total. The van der Waals surface area contributed by atoms with Gasteiger partial charge in [0.1, 0.15) is 11.4 Å². The highest BCUT2D eigenvalue weighted by molar-refractivity contribution is 6.06. The molecule has 9 heteroatoms. The fraction of sp³-hybridized carbons (Fsp3) is 0.154. The predicted octanol–water partition coefficient (Wildman–Crippen LogP) is 1.76. The first kappa shape index (κ1) is 15.0. The van der Waals surface area contributed by atoms with E-state index in [2.05, 4.69) is 15.5 Å². The molecule has 0 saturated carbocycles. The second kappa shape index (κ2) is 5.92. The smallest absolute Gasteiger partial charge is 0.322 e. The lowest BCUT2D eigenvalue weighted by Crippen LogP contribution is -2.15. The minimum absolute atomic E-state index is 0.174. The van der Waals surface area contributed by atoms with Crippen LogP contribution in [0.4, 0.5) is 11.4 Å². The van der Waals surface area contributed by atoms with Gasteiger partial charge in [-0.25, -0.2) is 0 Å². The molecule has 2 rings (SSSR count). The van der Waals surface area contributed by atoms with E-state index in [0.29, 0.717) is 11.3 Å². The van der Waals surface area contributed by atoms with E-state index in [0.717, 1.165) is 0 Å². The number of carbonyl (C=O) groups is 1. The molecule has 0 unspecified atom stereocenters. The first-order chi connectivity index (χ1) is 10.5. The highest BCUT2D eigenvalue weighted by Gasteiger charge is 2.27. The molecule has 0 fully saturated rings. The third-order valence-corrected chi connectivity index (χ3v) is 2.89. The third kappa shape index (κ3) is 2.71. The summed E-state index contributed by atoms with van der Waals surface area (Å²) in [6, 6.07) is 6.37. The van der Waals surface area contributed by atoms with Crippen molar-refractivity contribution in [2.24, 2.45) is 0 Å². The number of carbonyl (C=O) groups excluding carboxylic acids is 1. The monoisotopic (exact) mass is 301 g/mol. The van der Waals surface area contributed by atoms with Crippen molar-refractivity contribution in [2.75, 3.05) is 12.4 Å². The van der Waals surface area contributed by atoms with Crippen molar-refractivity contribution < 1.29 is 14.5 Å². The van der Waals surface area contributed by atoms with Crippen molar-refractivity contribution in [1.29, 1.82) is 5.26 Å². The van der Waals surface area contributed by atoms with Crippen LogP contribution in [-0.4, -0.2) is 28.1 Å². The van der Waals surface area contributed by atoms with E-state index in [1.165, 1.54) is 32.2 Å². The van der Waals surface area contributed by atoms with Crippen LogP contribution >= 0.6 is 0 Å². The largest absolute Gasteiger partial charge is 0.495 e.